The molecule has 0 unspecified atom stereocenters. The van der Waals surface area contributed by atoms with Crippen molar-refractivity contribution in [1.82, 2.24) is 0 Å². The number of rotatable bonds is 5. The molecule has 0 aliphatic heterocycles. The minimum absolute atomic E-state index is 0.351. The molecule has 0 aromatic heterocycles. The van der Waals surface area contributed by atoms with Crippen LogP contribution in [0, 0.1) is 0 Å². The highest BCUT2D eigenvalue weighted by atomic mass is 14.7. The SMILES string of the molecule is CC1=C(/C(=N\Cc2ccc(-c3ccc4ccccc4c3)cc2)c2ccccc2)c2ccccc2C12c1ccccc1-c1ccccc12. The minimum atomic E-state index is -0.351. The van der Waals surface area contributed by atoms with E-state index in [1.165, 1.54) is 72.0 Å². The molecule has 7 aromatic carbocycles. The van der Waals surface area contributed by atoms with Gasteiger partial charge in [-0.1, -0.05) is 164 Å². The Hall–Kier alpha value is -5.79. The lowest BCUT2D eigenvalue weighted by atomic mass is 9.70. The maximum absolute atomic E-state index is 5.46. The summed E-state index contributed by atoms with van der Waals surface area (Å²) in [6.07, 6.45) is 0. The summed E-state index contributed by atoms with van der Waals surface area (Å²) < 4.78 is 0. The lowest BCUT2D eigenvalue weighted by molar-refractivity contribution is 0.767. The predicted octanol–water partition coefficient (Wildman–Crippen LogP) is 11.3. The van der Waals surface area contributed by atoms with Crippen LogP contribution in [0.5, 0.6) is 0 Å². The Morgan fingerprint density at radius 3 is 1.70 bits per heavy atom. The minimum Gasteiger partial charge on any atom is -0.279 e. The third kappa shape index (κ3) is 4.20. The number of hydrogen-bond donors (Lipinski definition) is 0. The second-order valence-electron chi connectivity index (χ2n) is 12.7. The van der Waals surface area contributed by atoms with Gasteiger partial charge in [0.25, 0.3) is 0 Å². The smallest absolute Gasteiger partial charge is 0.0729 e. The number of nitrogens with zero attached hydrogens (tertiary/aromatic N) is 1. The van der Waals surface area contributed by atoms with Gasteiger partial charge < -0.3 is 0 Å². The number of fused-ring (bicyclic) bond motifs is 8. The van der Waals surface area contributed by atoms with Gasteiger partial charge >= 0.3 is 0 Å². The van der Waals surface area contributed by atoms with Gasteiger partial charge in [0, 0.05) is 11.1 Å². The van der Waals surface area contributed by atoms with E-state index < -0.39 is 0 Å². The summed E-state index contributed by atoms with van der Waals surface area (Å²) in [5.74, 6) is 0. The monoisotopic (exact) mass is 599 g/mol. The summed E-state index contributed by atoms with van der Waals surface area (Å²) in [5, 5.41) is 2.53. The maximum Gasteiger partial charge on any atom is 0.0729 e. The molecule has 0 radical (unpaired) electrons. The summed E-state index contributed by atoms with van der Waals surface area (Å²) in [6, 6.07) is 61.8. The van der Waals surface area contributed by atoms with E-state index in [9.17, 15) is 0 Å². The normalized spacial score (nSPS) is 14.4. The Bertz CT molecular complexity index is 2330. The fraction of sp³-hybridized carbons (Fsp3) is 0.0652. The first kappa shape index (κ1) is 27.5. The van der Waals surface area contributed by atoms with E-state index in [2.05, 4.69) is 177 Å². The van der Waals surface area contributed by atoms with Crippen LogP contribution in [0.15, 0.2) is 180 Å². The zero-order chi connectivity index (χ0) is 31.4. The number of allylic oxidation sites excluding steroid dienone is 2. The number of benzene rings is 7. The quantitative estimate of drug-likeness (QED) is 0.175. The number of hydrogen-bond acceptors (Lipinski definition) is 1. The van der Waals surface area contributed by atoms with Gasteiger partial charge in [-0.25, -0.2) is 0 Å². The second kappa shape index (κ2) is 10.9. The van der Waals surface area contributed by atoms with Crippen LogP contribution >= 0.6 is 0 Å². The summed E-state index contributed by atoms with van der Waals surface area (Å²) >= 11 is 0. The molecule has 0 bridgehead atoms. The van der Waals surface area contributed by atoms with Crippen molar-refractivity contribution in [3.63, 3.8) is 0 Å². The highest BCUT2D eigenvalue weighted by molar-refractivity contribution is 6.34. The van der Waals surface area contributed by atoms with Crippen molar-refractivity contribution in [1.29, 1.82) is 0 Å². The van der Waals surface area contributed by atoms with E-state index in [0.717, 1.165) is 11.3 Å². The van der Waals surface area contributed by atoms with E-state index in [4.69, 9.17) is 4.99 Å². The summed E-state index contributed by atoms with van der Waals surface area (Å²) in [4.78, 5) is 5.46. The van der Waals surface area contributed by atoms with E-state index in [0.29, 0.717) is 6.54 Å². The summed E-state index contributed by atoms with van der Waals surface area (Å²) in [6.45, 7) is 2.94. The molecule has 0 N–H and O–H groups in total. The summed E-state index contributed by atoms with van der Waals surface area (Å²) in [5.41, 5.74) is 16.0. The van der Waals surface area contributed by atoms with Crippen LogP contribution in [0.3, 0.4) is 0 Å². The number of aliphatic imine (C=N–C) groups is 1. The molecule has 0 heterocycles. The molecule has 0 atom stereocenters. The van der Waals surface area contributed by atoms with Crippen molar-refractivity contribution in [2.24, 2.45) is 4.99 Å². The molecule has 1 spiro atoms. The van der Waals surface area contributed by atoms with Gasteiger partial charge in [0.15, 0.2) is 0 Å². The van der Waals surface area contributed by atoms with Gasteiger partial charge in [0.1, 0.15) is 0 Å². The van der Waals surface area contributed by atoms with Gasteiger partial charge in [-0.3, -0.25) is 4.99 Å². The first-order valence-corrected chi connectivity index (χ1v) is 16.4. The molecule has 2 aliphatic carbocycles. The van der Waals surface area contributed by atoms with E-state index >= 15 is 0 Å². The van der Waals surface area contributed by atoms with Crippen LogP contribution in [-0.4, -0.2) is 5.71 Å². The van der Waals surface area contributed by atoms with E-state index in [-0.39, 0.29) is 5.41 Å². The maximum atomic E-state index is 5.46. The molecule has 47 heavy (non-hydrogen) atoms. The molecule has 0 amide bonds. The molecule has 2 aliphatic rings. The van der Waals surface area contributed by atoms with E-state index in [1.54, 1.807) is 0 Å². The fourth-order valence-corrected chi connectivity index (χ4v) is 8.11. The van der Waals surface area contributed by atoms with Crippen molar-refractivity contribution in [3.8, 4) is 22.3 Å². The van der Waals surface area contributed by atoms with Gasteiger partial charge in [0.2, 0.25) is 0 Å². The Balaban J connectivity index is 1.18. The summed E-state index contributed by atoms with van der Waals surface area (Å²) in [7, 11) is 0. The first-order valence-electron chi connectivity index (χ1n) is 16.4. The fourth-order valence-electron chi connectivity index (χ4n) is 8.11. The van der Waals surface area contributed by atoms with Gasteiger partial charge in [-0.05, 0) is 79.4 Å². The molecule has 7 aromatic rings. The Morgan fingerprint density at radius 2 is 1.02 bits per heavy atom. The van der Waals surface area contributed by atoms with Crippen LogP contribution in [-0.2, 0) is 12.0 Å². The second-order valence-corrected chi connectivity index (χ2v) is 12.7. The topological polar surface area (TPSA) is 12.4 Å². The molecule has 0 fully saturated rings. The molecule has 222 valence electrons. The molecular weight excluding hydrogens is 567 g/mol. The van der Waals surface area contributed by atoms with E-state index in [1.807, 2.05) is 0 Å². The van der Waals surface area contributed by atoms with Crippen molar-refractivity contribution in [3.05, 3.63) is 209 Å². The predicted molar refractivity (Wildman–Crippen MR) is 197 cm³/mol. The largest absolute Gasteiger partial charge is 0.279 e. The first-order chi connectivity index (χ1) is 23.2. The third-order valence-electron chi connectivity index (χ3n) is 10.2. The highest BCUT2D eigenvalue weighted by Crippen LogP contribution is 2.61. The lowest BCUT2D eigenvalue weighted by Crippen LogP contribution is -2.26. The zero-order valence-corrected chi connectivity index (χ0v) is 26.3. The van der Waals surface area contributed by atoms with Crippen molar-refractivity contribution >= 4 is 22.1 Å². The van der Waals surface area contributed by atoms with Crippen molar-refractivity contribution in [2.45, 2.75) is 18.9 Å². The molecule has 0 saturated carbocycles. The Morgan fingerprint density at radius 1 is 0.489 bits per heavy atom. The molecule has 9 rings (SSSR count). The highest BCUT2D eigenvalue weighted by Gasteiger charge is 2.51. The average Bonchev–Trinajstić information content (AvgIpc) is 3.58. The van der Waals surface area contributed by atoms with Gasteiger partial charge in [-0.2, -0.15) is 0 Å². The Labute approximate surface area is 276 Å². The van der Waals surface area contributed by atoms with Crippen LogP contribution in [0.25, 0.3) is 38.6 Å². The van der Waals surface area contributed by atoms with Crippen molar-refractivity contribution < 1.29 is 0 Å². The molecule has 1 nitrogen and oxygen atoms in total. The molecule has 0 saturated heterocycles. The standard InChI is InChI=1S/C46H33N/c1-31-44(40-19-9-12-22-43(40)46(31)41-20-10-7-17-38(41)39-18-8-11-21-42(39)46)45(35-14-3-2-4-15-35)47-30-32-23-25-34(26-24-32)37-28-27-33-13-5-6-16-36(33)29-37/h2-29H,30H2,1H3/b47-45-. The van der Waals surface area contributed by atoms with Gasteiger partial charge in [-0.15, -0.1) is 0 Å². The van der Waals surface area contributed by atoms with Crippen molar-refractivity contribution in [2.75, 3.05) is 0 Å². The zero-order valence-electron chi connectivity index (χ0n) is 26.3. The lowest BCUT2D eigenvalue weighted by Gasteiger charge is -2.31. The average molecular weight is 600 g/mol. The van der Waals surface area contributed by atoms with Crippen LogP contribution in [0.2, 0.25) is 0 Å². The van der Waals surface area contributed by atoms with Crippen LogP contribution < -0.4 is 0 Å². The van der Waals surface area contributed by atoms with Crippen LogP contribution in [0.1, 0.15) is 40.3 Å². The molecule has 1 heteroatoms. The van der Waals surface area contributed by atoms with Gasteiger partial charge in [0.05, 0.1) is 17.7 Å². The molecular formula is C46H33N. The van der Waals surface area contributed by atoms with Crippen LogP contribution in [0.4, 0.5) is 0 Å². The Kier molecular flexibility index (Phi) is 6.40. The third-order valence-corrected chi connectivity index (χ3v) is 10.2.